The first-order chi connectivity index (χ1) is 10.5. The van der Waals surface area contributed by atoms with E-state index in [4.69, 9.17) is 0 Å². The van der Waals surface area contributed by atoms with Crippen LogP contribution in [0, 0.1) is 0 Å². The van der Waals surface area contributed by atoms with E-state index in [9.17, 15) is 9.59 Å². The predicted molar refractivity (Wildman–Crippen MR) is 88.2 cm³/mol. The number of nitrogens with one attached hydrogen (secondary N) is 1. The average Bonchev–Trinajstić information content (AvgIpc) is 2.54. The summed E-state index contributed by atoms with van der Waals surface area (Å²) >= 11 is 0. The molecular weight excluding hydrogens is 276 g/mol. The van der Waals surface area contributed by atoms with E-state index in [1.807, 2.05) is 44.2 Å². The molecule has 0 unspecified atom stereocenters. The number of para-hydroxylation sites is 1. The third kappa shape index (κ3) is 3.73. The molecule has 114 valence electrons. The molecule has 0 saturated carbocycles. The Bertz CT molecular complexity index is 666. The molecule has 0 aromatic heterocycles. The minimum atomic E-state index is -0.174. The maximum atomic E-state index is 12.5. The molecule has 2 aromatic carbocycles. The largest absolute Gasteiger partial charge is 0.350 e. The van der Waals surface area contributed by atoms with Crippen molar-refractivity contribution in [3.05, 3.63) is 65.7 Å². The van der Waals surface area contributed by atoms with E-state index >= 15 is 0 Å². The van der Waals surface area contributed by atoms with Crippen LogP contribution in [0.5, 0.6) is 0 Å². The van der Waals surface area contributed by atoms with Crippen molar-refractivity contribution >= 4 is 17.5 Å². The van der Waals surface area contributed by atoms with Gasteiger partial charge in [-0.3, -0.25) is 9.59 Å². The van der Waals surface area contributed by atoms with E-state index in [-0.39, 0.29) is 17.9 Å². The van der Waals surface area contributed by atoms with E-state index in [1.165, 1.54) is 0 Å². The van der Waals surface area contributed by atoms with Gasteiger partial charge >= 0.3 is 0 Å². The fourth-order valence-electron chi connectivity index (χ4n) is 2.10. The summed E-state index contributed by atoms with van der Waals surface area (Å²) in [6, 6.07) is 16.2. The van der Waals surface area contributed by atoms with Gasteiger partial charge in [-0.2, -0.15) is 0 Å². The van der Waals surface area contributed by atoms with Crippen molar-refractivity contribution in [1.29, 1.82) is 0 Å². The Morgan fingerprint density at radius 3 is 2.23 bits per heavy atom. The summed E-state index contributed by atoms with van der Waals surface area (Å²) < 4.78 is 0. The van der Waals surface area contributed by atoms with Crippen LogP contribution in [0.4, 0.5) is 5.69 Å². The second-order valence-corrected chi connectivity index (χ2v) is 5.41. The average molecular weight is 296 g/mol. The lowest BCUT2D eigenvalue weighted by Gasteiger charge is -2.17. The number of amides is 2. The first kappa shape index (κ1) is 15.8. The van der Waals surface area contributed by atoms with Crippen LogP contribution in [0.25, 0.3) is 0 Å². The van der Waals surface area contributed by atoms with Gasteiger partial charge in [0.15, 0.2) is 0 Å². The molecule has 1 N–H and O–H groups in total. The zero-order chi connectivity index (χ0) is 16.1. The number of hydrogen-bond acceptors (Lipinski definition) is 2. The molecule has 0 fully saturated rings. The highest BCUT2D eigenvalue weighted by atomic mass is 16.2. The van der Waals surface area contributed by atoms with Crippen LogP contribution in [-0.4, -0.2) is 24.9 Å². The van der Waals surface area contributed by atoms with Crippen molar-refractivity contribution < 1.29 is 9.59 Å². The maximum absolute atomic E-state index is 12.5. The molecule has 0 bridgehead atoms. The van der Waals surface area contributed by atoms with Crippen molar-refractivity contribution in [2.45, 2.75) is 19.9 Å². The van der Waals surface area contributed by atoms with Gasteiger partial charge in [0.2, 0.25) is 0 Å². The molecule has 4 heteroatoms. The lowest BCUT2D eigenvalue weighted by molar-refractivity contribution is 0.0943. The molecule has 0 atom stereocenters. The number of rotatable bonds is 4. The fraction of sp³-hybridized carbons (Fsp3) is 0.222. The van der Waals surface area contributed by atoms with Crippen LogP contribution >= 0.6 is 0 Å². The zero-order valence-corrected chi connectivity index (χ0v) is 13.0. The van der Waals surface area contributed by atoms with Gasteiger partial charge in [-0.25, -0.2) is 0 Å². The van der Waals surface area contributed by atoms with E-state index in [0.717, 1.165) is 5.69 Å². The van der Waals surface area contributed by atoms with Gasteiger partial charge < -0.3 is 10.2 Å². The van der Waals surface area contributed by atoms with Crippen LogP contribution in [0.2, 0.25) is 0 Å². The Balaban J connectivity index is 2.22. The smallest absolute Gasteiger partial charge is 0.258 e. The summed E-state index contributed by atoms with van der Waals surface area (Å²) in [5, 5.41) is 2.82. The SMILES string of the molecule is CC(C)NC(=O)c1cccc(C(=O)N(C)c2ccccc2)c1. The van der Waals surface area contributed by atoms with E-state index in [2.05, 4.69) is 5.32 Å². The standard InChI is InChI=1S/C18H20N2O2/c1-13(2)19-17(21)14-8-7-9-15(12-14)18(22)20(3)16-10-5-4-6-11-16/h4-13H,1-3H3,(H,19,21). The molecule has 2 aromatic rings. The van der Waals surface area contributed by atoms with Gasteiger partial charge in [0.25, 0.3) is 11.8 Å². The molecule has 2 amide bonds. The first-order valence-corrected chi connectivity index (χ1v) is 7.23. The van der Waals surface area contributed by atoms with E-state index < -0.39 is 0 Å². The summed E-state index contributed by atoms with van der Waals surface area (Å²) in [6.45, 7) is 3.80. The summed E-state index contributed by atoms with van der Waals surface area (Å²) in [4.78, 5) is 26.1. The first-order valence-electron chi connectivity index (χ1n) is 7.23. The van der Waals surface area contributed by atoms with Crippen LogP contribution in [-0.2, 0) is 0 Å². The Morgan fingerprint density at radius 1 is 0.955 bits per heavy atom. The second-order valence-electron chi connectivity index (χ2n) is 5.41. The molecule has 0 aliphatic rings. The molecule has 0 aliphatic heterocycles. The second kappa shape index (κ2) is 6.89. The monoisotopic (exact) mass is 296 g/mol. The Morgan fingerprint density at radius 2 is 1.59 bits per heavy atom. The summed E-state index contributed by atoms with van der Waals surface area (Å²) in [7, 11) is 1.72. The van der Waals surface area contributed by atoms with Gasteiger partial charge in [0.05, 0.1) is 0 Å². The van der Waals surface area contributed by atoms with Crippen molar-refractivity contribution in [2.24, 2.45) is 0 Å². The van der Waals surface area contributed by atoms with Gasteiger partial charge in [-0.15, -0.1) is 0 Å². The molecule has 0 spiro atoms. The molecular formula is C18H20N2O2. The van der Waals surface area contributed by atoms with Gasteiger partial charge in [-0.1, -0.05) is 24.3 Å². The Kier molecular flexibility index (Phi) is 4.94. The van der Waals surface area contributed by atoms with Gasteiger partial charge in [0.1, 0.15) is 0 Å². The molecule has 0 heterocycles. The molecule has 22 heavy (non-hydrogen) atoms. The number of carbonyl (C=O) groups is 2. The number of hydrogen-bond donors (Lipinski definition) is 1. The van der Waals surface area contributed by atoms with Crippen LogP contribution in [0.1, 0.15) is 34.6 Å². The van der Waals surface area contributed by atoms with Gasteiger partial charge in [0, 0.05) is 29.9 Å². The molecule has 2 rings (SSSR count). The molecule has 0 aliphatic carbocycles. The van der Waals surface area contributed by atoms with Crippen molar-refractivity contribution in [3.63, 3.8) is 0 Å². The quantitative estimate of drug-likeness (QED) is 0.942. The Hall–Kier alpha value is -2.62. The highest BCUT2D eigenvalue weighted by molar-refractivity contribution is 6.07. The van der Waals surface area contributed by atoms with E-state index in [1.54, 1.807) is 36.2 Å². The molecule has 0 radical (unpaired) electrons. The summed E-state index contributed by atoms with van der Waals surface area (Å²) in [5.74, 6) is -0.322. The number of anilines is 1. The fourth-order valence-corrected chi connectivity index (χ4v) is 2.10. The Labute approximate surface area is 130 Å². The highest BCUT2D eigenvalue weighted by Crippen LogP contribution is 2.15. The third-order valence-corrected chi connectivity index (χ3v) is 3.24. The number of nitrogens with zero attached hydrogens (tertiary/aromatic N) is 1. The predicted octanol–water partition coefficient (Wildman–Crippen LogP) is 3.10. The number of carbonyl (C=O) groups excluding carboxylic acids is 2. The van der Waals surface area contributed by atoms with E-state index in [0.29, 0.717) is 11.1 Å². The summed E-state index contributed by atoms with van der Waals surface area (Å²) in [5.41, 5.74) is 1.79. The normalized spacial score (nSPS) is 10.4. The maximum Gasteiger partial charge on any atom is 0.258 e. The minimum Gasteiger partial charge on any atom is -0.350 e. The third-order valence-electron chi connectivity index (χ3n) is 3.24. The summed E-state index contributed by atoms with van der Waals surface area (Å²) in [6.07, 6.45) is 0. The lowest BCUT2D eigenvalue weighted by Crippen LogP contribution is -2.30. The van der Waals surface area contributed by atoms with Crippen LogP contribution in [0.3, 0.4) is 0 Å². The minimum absolute atomic E-state index is 0.0545. The zero-order valence-electron chi connectivity index (χ0n) is 13.0. The molecule has 4 nitrogen and oxygen atoms in total. The van der Waals surface area contributed by atoms with Gasteiger partial charge in [-0.05, 0) is 44.2 Å². The van der Waals surface area contributed by atoms with Crippen molar-refractivity contribution in [1.82, 2.24) is 5.32 Å². The van der Waals surface area contributed by atoms with Crippen molar-refractivity contribution in [3.8, 4) is 0 Å². The van der Waals surface area contributed by atoms with Crippen molar-refractivity contribution in [2.75, 3.05) is 11.9 Å². The lowest BCUT2D eigenvalue weighted by atomic mass is 10.1. The van der Waals surface area contributed by atoms with Crippen LogP contribution < -0.4 is 10.2 Å². The van der Waals surface area contributed by atoms with Crippen LogP contribution in [0.15, 0.2) is 54.6 Å². The number of benzene rings is 2. The molecule has 0 saturated heterocycles. The highest BCUT2D eigenvalue weighted by Gasteiger charge is 2.15. The topological polar surface area (TPSA) is 49.4 Å².